The topological polar surface area (TPSA) is 29.3 Å². The molecule has 140 valence electrons. The standard InChI is InChI=1S/C22H23N3S.ClH/c1-14-7-5-8-15(2)19(14)12-23-20-11-18(21-9-6-10-26-21)13-25-17(4)16(3)24-22(20)25;/h5-11,13,23H,12H2,1-4H3;1H. The summed E-state index contributed by atoms with van der Waals surface area (Å²) in [5.41, 5.74) is 9.54. The van der Waals surface area contributed by atoms with Crippen LogP contribution in [0, 0.1) is 27.7 Å². The van der Waals surface area contributed by atoms with Crippen LogP contribution in [0.15, 0.2) is 48.0 Å². The summed E-state index contributed by atoms with van der Waals surface area (Å²) in [6, 6.07) is 12.9. The van der Waals surface area contributed by atoms with Gasteiger partial charge in [0.05, 0.1) is 11.4 Å². The molecule has 0 aliphatic heterocycles. The average molecular weight is 398 g/mol. The largest absolute Gasteiger partial charge is 0.378 e. The summed E-state index contributed by atoms with van der Waals surface area (Å²) in [5, 5.41) is 5.77. The molecule has 0 bridgehead atoms. The molecule has 0 fully saturated rings. The minimum atomic E-state index is 0. The van der Waals surface area contributed by atoms with E-state index in [9.17, 15) is 0 Å². The number of anilines is 1. The number of hydrogen-bond acceptors (Lipinski definition) is 3. The van der Waals surface area contributed by atoms with Crippen LogP contribution in [0.4, 0.5) is 5.69 Å². The zero-order valence-electron chi connectivity index (χ0n) is 16.0. The molecule has 3 aromatic heterocycles. The first-order valence-corrected chi connectivity index (χ1v) is 9.74. The Bertz CT molecular complexity index is 1060. The van der Waals surface area contributed by atoms with E-state index in [-0.39, 0.29) is 12.4 Å². The molecule has 0 aliphatic rings. The van der Waals surface area contributed by atoms with E-state index in [1.54, 1.807) is 11.3 Å². The van der Waals surface area contributed by atoms with Crippen molar-refractivity contribution >= 4 is 35.1 Å². The summed E-state index contributed by atoms with van der Waals surface area (Å²) in [7, 11) is 0. The third-order valence-electron chi connectivity index (χ3n) is 5.10. The van der Waals surface area contributed by atoms with Gasteiger partial charge in [-0.15, -0.1) is 23.7 Å². The fourth-order valence-corrected chi connectivity index (χ4v) is 4.10. The number of fused-ring (bicyclic) bond motifs is 1. The Morgan fingerprint density at radius 2 is 1.78 bits per heavy atom. The highest BCUT2D eigenvalue weighted by molar-refractivity contribution is 7.13. The van der Waals surface area contributed by atoms with Crippen LogP contribution in [0.5, 0.6) is 0 Å². The maximum Gasteiger partial charge on any atom is 0.160 e. The maximum absolute atomic E-state index is 4.80. The predicted molar refractivity (Wildman–Crippen MR) is 118 cm³/mol. The van der Waals surface area contributed by atoms with Crippen molar-refractivity contribution in [3.8, 4) is 10.4 Å². The van der Waals surface area contributed by atoms with E-state index in [1.165, 1.54) is 32.8 Å². The number of aryl methyl sites for hydroxylation is 4. The molecule has 0 unspecified atom stereocenters. The number of nitrogens with zero attached hydrogens (tertiary/aromatic N) is 2. The maximum atomic E-state index is 4.80. The minimum absolute atomic E-state index is 0. The first-order valence-electron chi connectivity index (χ1n) is 8.86. The Morgan fingerprint density at radius 3 is 2.44 bits per heavy atom. The molecule has 4 rings (SSSR count). The van der Waals surface area contributed by atoms with Crippen LogP contribution in [0.3, 0.4) is 0 Å². The summed E-state index contributed by atoms with van der Waals surface area (Å²) in [6.45, 7) is 9.34. The van der Waals surface area contributed by atoms with Crippen molar-refractivity contribution in [2.45, 2.75) is 34.2 Å². The molecule has 0 saturated heterocycles. The van der Waals surface area contributed by atoms with Crippen LogP contribution in [0.2, 0.25) is 0 Å². The fourth-order valence-electron chi connectivity index (χ4n) is 3.39. The van der Waals surface area contributed by atoms with Crippen LogP contribution in [0.1, 0.15) is 28.1 Å². The van der Waals surface area contributed by atoms with Gasteiger partial charge in [-0.05, 0) is 61.9 Å². The van der Waals surface area contributed by atoms with Gasteiger partial charge in [0.2, 0.25) is 0 Å². The van der Waals surface area contributed by atoms with Crippen molar-refractivity contribution in [3.63, 3.8) is 0 Å². The van der Waals surface area contributed by atoms with Gasteiger partial charge < -0.3 is 9.72 Å². The van der Waals surface area contributed by atoms with Gasteiger partial charge in [0.15, 0.2) is 5.65 Å². The molecule has 1 N–H and O–H groups in total. The van der Waals surface area contributed by atoms with Crippen LogP contribution in [-0.4, -0.2) is 9.38 Å². The smallest absolute Gasteiger partial charge is 0.160 e. The number of thiophene rings is 1. The second kappa shape index (κ2) is 7.75. The number of rotatable bonds is 4. The van der Waals surface area contributed by atoms with Crippen molar-refractivity contribution < 1.29 is 0 Å². The lowest BCUT2D eigenvalue weighted by atomic mass is 10.0. The molecule has 27 heavy (non-hydrogen) atoms. The monoisotopic (exact) mass is 397 g/mol. The van der Waals surface area contributed by atoms with Crippen molar-refractivity contribution in [1.29, 1.82) is 0 Å². The zero-order valence-corrected chi connectivity index (χ0v) is 17.7. The lowest BCUT2D eigenvalue weighted by Crippen LogP contribution is -2.05. The average Bonchev–Trinajstić information content (AvgIpc) is 3.24. The van der Waals surface area contributed by atoms with Crippen molar-refractivity contribution in [2.24, 2.45) is 0 Å². The van der Waals surface area contributed by atoms with Gasteiger partial charge in [-0.25, -0.2) is 4.98 Å². The van der Waals surface area contributed by atoms with Crippen LogP contribution in [0.25, 0.3) is 16.1 Å². The van der Waals surface area contributed by atoms with Gasteiger partial charge in [0.1, 0.15) is 0 Å². The van der Waals surface area contributed by atoms with Gasteiger partial charge in [-0.1, -0.05) is 24.3 Å². The normalized spacial score (nSPS) is 10.8. The van der Waals surface area contributed by atoms with Gasteiger partial charge in [-0.2, -0.15) is 0 Å². The van der Waals surface area contributed by atoms with E-state index in [2.05, 4.69) is 85.4 Å². The summed E-state index contributed by atoms with van der Waals surface area (Å²) >= 11 is 1.76. The number of halogens is 1. The fraction of sp³-hybridized carbons (Fsp3) is 0.227. The Morgan fingerprint density at radius 1 is 1.04 bits per heavy atom. The summed E-state index contributed by atoms with van der Waals surface area (Å²) in [4.78, 5) is 6.07. The van der Waals surface area contributed by atoms with Crippen molar-refractivity contribution in [2.75, 3.05) is 5.32 Å². The number of nitrogens with one attached hydrogen (secondary N) is 1. The number of benzene rings is 1. The molecular weight excluding hydrogens is 374 g/mol. The van der Waals surface area contributed by atoms with E-state index < -0.39 is 0 Å². The van der Waals surface area contributed by atoms with Gasteiger partial charge in [0.25, 0.3) is 0 Å². The third kappa shape index (κ3) is 3.60. The second-order valence-corrected chi connectivity index (χ2v) is 7.77. The SMILES string of the molecule is Cc1cccc(C)c1CNc1cc(-c2cccs2)cn2c(C)c(C)nc12.Cl. The van der Waals surface area contributed by atoms with Crippen molar-refractivity contribution in [1.82, 2.24) is 9.38 Å². The Hall–Kier alpha value is -2.30. The van der Waals surface area contributed by atoms with Crippen LogP contribution < -0.4 is 5.32 Å². The molecule has 0 spiro atoms. The quantitative estimate of drug-likeness (QED) is 0.436. The molecule has 5 heteroatoms. The highest BCUT2D eigenvalue weighted by Crippen LogP contribution is 2.31. The lowest BCUT2D eigenvalue weighted by molar-refractivity contribution is 1.07. The van der Waals surface area contributed by atoms with E-state index in [1.807, 2.05) is 0 Å². The number of pyridine rings is 1. The predicted octanol–water partition coefficient (Wildman–Crippen LogP) is 6.33. The number of aromatic nitrogens is 2. The Labute approximate surface area is 170 Å². The van der Waals surface area contributed by atoms with Crippen LogP contribution >= 0.6 is 23.7 Å². The lowest BCUT2D eigenvalue weighted by Gasteiger charge is -2.14. The molecule has 3 heterocycles. The molecule has 0 atom stereocenters. The Balaban J connectivity index is 0.00000210. The first kappa shape index (κ1) is 19.5. The molecule has 0 saturated carbocycles. The third-order valence-corrected chi connectivity index (χ3v) is 6.02. The summed E-state index contributed by atoms with van der Waals surface area (Å²) < 4.78 is 2.21. The highest BCUT2D eigenvalue weighted by atomic mass is 35.5. The molecule has 0 amide bonds. The van der Waals surface area contributed by atoms with E-state index in [0.717, 1.165) is 23.6 Å². The number of hydrogen-bond donors (Lipinski definition) is 1. The minimum Gasteiger partial charge on any atom is -0.378 e. The summed E-state index contributed by atoms with van der Waals surface area (Å²) in [6.07, 6.45) is 2.20. The molecule has 1 aromatic carbocycles. The molecule has 0 aliphatic carbocycles. The van der Waals surface area contributed by atoms with Gasteiger partial charge in [-0.3, -0.25) is 0 Å². The van der Waals surface area contributed by atoms with Gasteiger partial charge >= 0.3 is 0 Å². The Kier molecular flexibility index (Phi) is 5.59. The summed E-state index contributed by atoms with van der Waals surface area (Å²) in [5.74, 6) is 0. The first-order chi connectivity index (χ1) is 12.5. The van der Waals surface area contributed by atoms with Crippen molar-refractivity contribution in [3.05, 3.63) is 76.1 Å². The zero-order chi connectivity index (χ0) is 18.3. The van der Waals surface area contributed by atoms with E-state index in [0.29, 0.717) is 0 Å². The van der Waals surface area contributed by atoms with E-state index in [4.69, 9.17) is 4.98 Å². The molecule has 4 aromatic rings. The van der Waals surface area contributed by atoms with Gasteiger partial charge in [0, 0.05) is 28.9 Å². The second-order valence-electron chi connectivity index (χ2n) is 6.82. The number of imidazole rings is 1. The molecule has 0 radical (unpaired) electrons. The highest BCUT2D eigenvalue weighted by Gasteiger charge is 2.13. The molecular formula is C22H24ClN3S. The molecule has 3 nitrogen and oxygen atoms in total. The van der Waals surface area contributed by atoms with E-state index >= 15 is 0 Å². The van der Waals surface area contributed by atoms with Crippen LogP contribution in [-0.2, 0) is 6.54 Å².